The molecule has 1 saturated carbocycles. The molecule has 2 aliphatic carbocycles. The van der Waals surface area contributed by atoms with Crippen molar-refractivity contribution >= 4 is 11.8 Å². The lowest BCUT2D eigenvalue weighted by atomic mass is 9.83. The molecule has 1 aromatic carbocycles. The summed E-state index contributed by atoms with van der Waals surface area (Å²) in [6, 6.07) is 9.13. The summed E-state index contributed by atoms with van der Waals surface area (Å²) in [5.74, 6) is 0.269. The Hall–Kier alpha value is -1.96. The second-order valence-corrected chi connectivity index (χ2v) is 11.2. The molecule has 5 rings (SSSR count). The number of fused-ring (bicyclic) bond motifs is 2. The molecule has 1 aromatic rings. The monoisotopic (exact) mass is 481 g/mol. The highest BCUT2D eigenvalue weighted by Crippen LogP contribution is 2.32. The van der Waals surface area contributed by atoms with Gasteiger partial charge in [-0.25, -0.2) is 0 Å². The third kappa shape index (κ3) is 5.27. The van der Waals surface area contributed by atoms with Crippen LogP contribution < -0.4 is 16.0 Å². The summed E-state index contributed by atoms with van der Waals surface area (Å²) in [6.07, 6.45) is 10.0. The number of hydrogen-bond acceptors (Lipinski definition) is 5. The molecule has 2 aliphatic heterocycles. The second-order valence-electron chi connectivity index (χ2n) is 11.2. The fourth-order valence-electron chi connectivity index (χ4n) is 6.86. The van der Waals surface area contributed by atoms with Gasteiger partial charge in [0.2, 0.25) is 11.8 Å². The zero-order chi connectivity index (χ0) is 24.4. The molecular weight excluding hydrogens is 438 g/mol. The third-order valence-electron chi connectivity index (χ3n) is 9.11. The number of amides is 2. The summed E-state index contributed by atoms with van der Waals surface area (Å²) in [7, 11) is 1.79. The maximum absolute atomic E-state index is 14.1. The topological polar surface area (TPSA) is 76.7 Å². The lowest BCUT2D eigenvalue weighted by Crippen LogP contribution is -2.58. The Labute approximate surface area is 210 Å². The molecule has 3 N–H and O–H groups in total. The number of carbonyl (C=O) groups is 2. The average molecular weight is 482 g/mol. The van der Waals surface area contributed by atoms with E-state index in [1.54, 1.807) is 7.05 Å². The molecule has 3 fully saturated rings. The molecule has 192 valence electrons. The molecule has 4 aliphatic rings. The highest BCUT2D eigenvalue weighted by Gasteiger charge is 2.44. The summed E-state index contributed by atoms with van der Waals surface area (Å²) in [5.41, 5.74) is 2.96. The van der Waals surface area contributed by atoms with E-state index in [9.17, 15) is 9.59 Å². The van der Waals surface area contributed by atoms with Crippen molar-refractivity contribution in [2.75, 3.05) is 26.8 Å². The number of nitrogens with one attached hydrogen (secondary N) is 3. The van der Waals surface area contributed by atoms with Gasteiger partial charge in [-0.3, -0.25) is 19.8 Å². The van der Waals surface area contributed by atoms with Crippen LogP contribution >= 0.6 is 0 Å². The van der Waals surface area contributed by atoms with Gasteiger partial charge < -0.3 is 15.5 Å². The van der Waals surface area contributed by atoms with Crippen LogP contribution in [0.1, 0.15) is 63.0 Å². The molecule has 7 nitrogen and oxygen atoms in total. The minimum Gasteiger partial charge on any atom is -0.343 e. The Morgan fingerprint density at radius 2 is 1.74 bits per heavy atom. The van der Waals surface area contributed by atoms with Gasteiger partial charge in [0.05, 0.1) is 18.8 Å². The van der Waals surface area contributed by atoms with Crippen LogP contribution in [0, 0.1) is 5.92 Å². The maximum Gasteiger partial charge on any atom is 0.246 e. The van der Waals surface area contributed by atoms with Crippen molar-refractivity contribution in [1.29, 1.82) is 0 Å². The van der Waals surface area contributed by atoms with E-state index in [0.717, 1.165) is 64.5 Å². The third-order valence-corrected chi connectivity index (χ3v) is 9.11. The molecule has 0 aromatic heterocycles. The molecule has 2 saturated heterocycles. The van der Waals surface area contributed by atoms with Gasteiger partial charge in [0.15, 0.2) is 0 Å². The molecule has 0 bridgehead atoms. The van der Waals surface area contributed by atoms with E-state index in [1.807, 2.05) is 6.92 Å². The van der Waals surface area contributed by atoms with Gasteiger partial charge in [-0.1, -0.05) is 43.5 Å². The summed E-state index contributed by atoms with van der Waals surface area (Å²) >= 11 is 0. The van der Waals surface area contributed by atoms with Crippen molar-refractivity contribution in [2.24, 2.45) is 5.92 Å². The van der Waals surface area contributed by atoms with E-state index in [1.165, 1.54) is 17.5 Å². The van der Waals surface area contributed by atoms with Crippen LogP contribution in [0.5, 0.6) is 0 Å². The molecule has 0 radical (unpaired) electrons. The van der Waals surface area contributed by atoms with Crippen molar-refractivity contribution in [3.05, 3.63) is 35.4 Å². The molecular formula is C28H43N5O2. The van der Waals surface area contributed by atoms with Gasteiger partial charge in [0, 0.05) is 18.6 Å². The zero-order valence-corrected chi connectivity index (χ0v) is 21.5. The van der Waals surface area contributed by atoms with Gasteiger partial charge >= 0.3 is 0 Å². The first-order chi connectivity index (χ1) is 17.0. The highest BCUT2D eigenvalue weighted by molar-refractivity contribution is 5.90. The molecule has 4 atom stereocenters. The van der Waals surface area contributed by atoms with Crippen LogP contribution in [0.2, 0.25) is 0 Å². The molecule has 7 heteroatoms. The predicted octanol–water partition coefficient (Wildman–Crippen LogP) is 2.05. The van der Waals surface area contributed by atoms with E-state index in [2.05, 4.69) is 50.0 Å². The van der Waals surface area contributed by atoms with E-state index in [-0.39, 0.29) is 29.8 Å². The number of rotatable bonds is 6. The van der Waals surface area contributed by atoms with E-state index in [4.69, 9.17) is 0 Å². The Morgan fingerprint density at radius 3 is 2.43 bits per heavy atom. The fourth-order valence-corrected chi connectivity index (χ4v) is 6.86. The van der Waals surface area contributed by atoms with Gasteiger partial charge in [-0.05, 0) is 76.1 Å². The number of carbonyl (C=O) groups excluding carboxylic acids is 2. The maximum atomic E-state index is 14.1. The minimum atomic E-state index is -0.424. The highest BCUT2D eigenvalue weighted by atomic mass is 16.2. The van der Waals surface area contributed by atoms with Crippen LogP contribution in [-0.4, -0.2) is 78.6 Å². The summed E-state index contributed by atoms with van der Waals surface area (Å²) in [5, 5.41) is 9.85. The van der Waals surface area contributed by atoms with E-state index < -0.39 is 6.04 Å². The van der Waals surface area contributed by atoms with Crippen LogP contribution in [-0.2, 0) is 22.4 Å². The van der Waals surface area contributed by atoms with Crippen LogP contribution in [0.15, 0.2) is 24.3 Å². The quantitative estimate of drug-likeness (QED) is 0.580. The lowest BCUT2D eigenvalue weighted by molar-refractivity contribution is -0.140. The first-order valence-electron chi connectivity index (χ1n) is 13.9. The van der Waals surface area contributed by atoms with Crippen molar-refractivity contribution < 1.29 is 9.59 Å². The smallest absolute Gasteiger partial charge is 0.246 e. The molecule has 0 spiro atoms. The van der Waals surface area contributed by atoms with Gasteiger partial charge in [-0.2, -0.15) is 0 Å². The van der Waals surface area contributed by atoms with Gasteiger partial charge in [0.25, 0.3) is 0 Å². The SMILES string of the molecule is CN[C@@H](C)C(=O)N[C@H](C(=O)N1CN[C@H]2CCCN(C3Cc4ccccc4C3)C[C@H]21)C1CCCCC1. The van der Waals surface area contributed by atoms with Crippen LogP contribution in [0.3, 0.4) is 0 Å². The predicted molar refractivity (Wildman–Crippen MR) is 138 cm³/mol. The number of likely N-dealkylation sites (N-methyl/N-ethyl adjacent to an activating group) is 1. The van der Waals surface area contributed by atoms with Gasteiger partial charge in [-0.15, -0.1) is 0 Å². The lowest BCUT2D eigenvalue weighted by Gasteiger charge is -2.37. The first kappa shape index (κ1) is 24.7. The Balaban J connectivity index is 1.32. The van der Waals surface area contributed by atoms with Crippen molar-refractivity contribution in [3.8, 4) is 0 Å². The van der Waals surface area contributed by atoms with Crippen molar-refractivity contribution in [2.45, 2.75) is 94.9 Å². The number of nitrogens with zero attached hydrogens (tertiary/aromatic N) is 2. The van der Waals surface area contributed by atoms with Crippen molar-refractivity contribution in [3.63, 3.8) is 0 Å². The molecule has 2 amide bonds. The standard InChI is InChI=1S/C28H43N5O2/c1-19(29-2)27(34)31-26(20-9-4-3-5-10-20)28(35)33-18-30-24-13-8-14-32(17-25(24)33)23-15-21-11-6-7-12-22(21)16-23/h6-7,11-12,19-20,23-26,29-30H,3-5,8-10,13-18H2,1-2H3,(H,31,34)/t19-,24-,25+,26-/m0/s1. The fraction of sp³-hybridized carbons (Fsp3) is 0.714. The summed E-state index contributed by atoms with van der Waals surface area (Å²) < 4.78 is 0. The van der Waals surface area contributed by atoms with E-state index in [0.29, 0.717) is 18.8 Å². The Bertz CT molecular complexity index is 876. The summed E-state index contributed by atoms with van der Waals surface area (Å²) in [6.45, 7) is 4.46. The second kappa shape index (κ2) is 11.0. The minimum absolute atomic E-state index is 0.0775. The van der Waals surface area contributed by atoms with E-state index >= 15 is 0 Å². The first-order valence-corrected chi connectivity index (χ1v) is 13.9. The van der Waals surface area contributed by atoms with Gasteiger partial charge in [0.1, 0.15) is 6.04 Å². The van der Waals surface area contributed by atoms with Crippen LogP contribution in [0.25, 0.3) is 0 Å². The summed E-state index contributed by atoms with van der Waals surface area (Å²) in [4.78, 5) is 31.7. The largest absolute Gasteiger partial charge is 0.343 e. The van der Waals surface area contributed by atoms with Crippen molar-refractivity contribution in [1.82, 2.24) is 25.8 Å². The number of likely N-dealkylation sites (tertiary alicyclic amines) is 1. The Kier molecular flexibility index (Phi) is 7.75. The Morgan fingerprint density at radius 1 is 1.03 bits per heavy atom. The number of benzene rings is 1. The normalized spacial score (nSPS) is 27.7. The van der Waals surface area contributed by atoms with Crippen LogP contribution in [0.4, 0.5) is 0 Å². The average Bonchev–Trinajstić information content (AvgIpc) is 3.44. The molecule has 35 heavy (non-hydrogen) atoms. The number of hydrogen-bond donors (Lipinski definition) is 3. The zero-order valence-electron chi connectivity index (χ0n) is 21.5. The molecule has 2 heterocycles. The molecule has 0 unspecified atom stereocenters.